The van der Waals surface area contributed by atoms with E-state index in [1.165, 1.54) is 16.8 Å². The molecule has 238 valence electrons. The lowest BCUT2D eigenvalue weighted by atomic mass is 9.94. The van der Waals surface area contributed by atoms with E-state index in [1.807, 2.05) is 24.3 Å². The van der Waals surface area contributed by atoms with Crippen LogP contribution >= 0.6 is 0 Å². The Labute approximate surface area is 270 Å². The highest BCUT2D eigenvalue weighted by Gasteiger charge is 2.28. The van der Waals surface area contributed by atoms with Crippen LogP contribution in [0.25, 0.3) is 22.0 Å². The first-order chi connectivity index (χ1) is 22.6. The molecule has 1 amide bonds. The molecule has 3 heterocycles. The van der Waals surface area contributed by atoms with Crippen LogP contribution in [0.1, 0.15) is 54.8 Å². The summed E-state index contributed by atoms with van der Waals surface area (Å²) in [5.41, 5.74) is 6.74. The molecule has 0 bridgehead atoms. The van der Waals surface area contributed by atoms with Crippen LogP contribution in [0.4, 0.5) is 0 Å². The number of nitrogens with zero attached hydrogens (tertiary/aromatic N) is 2. The van der Waals surface area contributed by atoms with Crippen molar-refractivity contribution in [1.82, 2.24) is 14.5 Å². The molecule has 1 atom stereocenters. The van der Waals surface area contributed by atoms with E-state index in [-0.39, 0.29) is 17.4 Å². The molecule has 1 unspecified atom stereocenters. The number of hydrogen-bond acceptors (Lipinski definition) is 4. The monoisotopic (exact) mass is 617 g/mol. The first-order valence-electron chi connectivity index (χ1n) is 16.4. The molecular formula is C39H43N3O4. The molecule has 0 radical (unpaired) electrons. The van der Waals surface area contributed by atoms with Crippen LogP contribution in [-0.2, 0) is 29.1 Å². The minimum Gasteiger partial charge on any atom is -0.488 e. The zero-order chi connectivity index (χ0) is 31.7. The molecule has 0 aliphatic carbocycles. The number of aromatic nitrogens is 2. The van der Waals surface area contributed by atoms with Crippen molar-refractivity contribution in [2.45, 2.75) is 57.6 Å². The van der Waals surface area contributed by atoms with Gasteiger partial charge in [-0.05, 0) is 78.6 Å². The van der Waals surface area contributed by atoms with Crippen LogP contribution in [0.15, 0.2) is 102 Å². The van der Waals surface area contributed by atoms with Crippen LogP contribution in [0.2, 0.25) is 0 Å². The Bertz CT molecular complexity index is 1770. The second kappa shape index (κ2) is 15.1. The smallest absolute Gasteiger partial charge is 0.247 e. The van der Waals surface area contributed by atoms with Crippen molar-refractivity contribution in [1.29, 1.82) is 0 Å². The van der Waals surface area contributed by atoms with Gasteiger partial charge in [0.15, 0.2) is 0 Å². The summed E-state index contributed by atoms with van der Waals surface area (Å²) < 4.78 is 14.2. The lowest BCUT2D eigenvalue weighted by Gasteiger charge is -2.33. The molecule has 1 saturated heterocycles. The third kappa shape index (κ3) is 7.60. The van der Waals surface area contributed by atoms with Gasteiger partial charge in [0.2, 0.25) is 11.5 Å². The number of piperidine rings is 1. The fraction of sp³-hybridized carbons (Fsp3) is 0.333. The Morgan fingerprint density at radius 1 is 0.913 bits per heavy atom. The number of aryl methyl sites for hydroxylation is 2. The second-order valence-corrected chi connectivity index (χ2v) is 12.2. The van der Waals surface area contributed by atoms with E-state index in [4.69, 9.17) is 9.47 Å². The number of carbonyl (C=O) groups excluding carboxylic acids is 1. The van der Waals surface area contributed by atoms with Crippen LogP contribution in [0.5, 0.6) is 5.75 Å². The van der Waals surface area contributed by atoms with Gasteiger partial charge in [-0.1, -0.05) is 60.7 Å². The molecule has 1 N–H and O–H groups in total. The lowest BCUT2D eigenvalue weighted by Crippen LogP contribution is -2.39. The molecule has 6 rings (SSSR count). The summed E-state index contributed by atoms with van der Waals surface area (Å²) in [6, 6.07) is 30.6. The summed E-state index contributed by atoms with van der Waals surface area (Å²) in [7, 11) is 1.75. The standard InChI is InChI=1S/C39H43N3O4/c1-45-24-8-23-42-35-13-6-14-37(46-28-30-9-3-2-4-10-30)34(35)25-36(42)33-12-7-22-41(27-33)39(44)15-5-11-29-16-18-31(19-17-29)32-20-21-38(43)40-26-32/h2-4,6,9-10,13-14,16-21,25-26,33H,5,7-8,11-12,15,22-24,27-28H2,1H3,(H,40,43). The number of aromatic amines is 1. The quantitative estimate of drug-likeness (QED) is 0.140. The van der Waals surface area contributed by atoms with Gasteiger partial charge < -0.3 is 23.9 Å². The molecule has 1 aliphatic rings. The van der Waals surface area contributed by atoms with Gasteiger partial charge in [-0.3, -0.25) is 9.59 Å². The maximum absolute atomic E-state index is 13.4. The molecular weight excluding hydrogens is 574 g/mol. The number of pyridine rings is 1. The van der Waals surface area contributed by atoms with E-state index in [2.05, 4.69) is 75.1 Å². The van der Waals surface area contributed by atoms with Gasteiger partial charge in [0.05, 0.1) is 5.52 Å². The maximum Gasteiger partial charge on any atom is 0.247 e. The highest BCUT2D eigenvalue weighted by molar-refractivity contribution is 5.88. The zero-order valence-corrected chi connectivity index (χ0v) is 26.6. The van der Waals surface area contributed by atoms with Crippen LogP contribution in [0, 0.1) is 0 Å². The number of carbonyl (C=O) groups is 1. The van der Waals surface area contributed by atoms with E-state index in [1.54, 1.807) is 19.4 Å². The Morgan fingerprint density at radius 3 is 2.52 bits per heavy atom. The van der Waals surface area contributed by atoms with Gasteiger partial charge in [0.25, 0.3) is 0 Å². The molecule has 0 saturated carbocycles. The molecule has 7 nitrogen and oxygen atoms in total. The molecule has 1 fully saturated rings. The summed E-state index contributed by atoms with van der Waals surface area (Å²) in [6.07, 6.45) is 6.93. The van der Waals surface area contributed by atoms with E-state index >= 15 is 0 Å². The van der Waals surface area contributed by atoms with Gasteiger partial charge in [0.1, 0.15) is 12.4 Å². The van der Waals surface area contributed by atoms with E-state index in [9.17, 15) is 9.59 Å². The fourth-order valence-electron chi connectivity index (χ4n) is 6.59. The molecule has 5 aromatic rings. The number of H-pyrrole nitrogens is 1. The number of benzene rings is 3. The van der Waals surface area contributed by atoms with Crippen molar-refractivity contribution in [3.8, 4) is 16.9 Å². The molecule has 0 spiro atoms. The van der Waals surface area contributed by atoms with Crippen LogP contribution < -0.4 is 10.3 Å². The van der Waals surface area contributed by atoms with E-state index in [0.717, 1.165) is 79.6 Å². The average Bonchev–Trinajstić information content (AvgIpc) is 3.48. The van der Waals surface area contributed by atoms with Gasteiger partial charge in [-0.15, -0.1) is 0 Å². The van der Waals surface area contributed by atoms with E-state index in [0.29, 0.717) is 19.6 Å². The van der Waals surface area contributed by atoms with Crippen molar-refractivity contribution >= 4 is 16.8 Å². The minimum atomic E-state index is -0.104. The summed E-state index contributed by atoms with van der Waals surface area (Å²) in [5.74, 6) is 1.40. The van der Waals surface area contributed by atoms with Crippen LogP contribution in [-0.4, -0.2) is 47.2 Å². The number of hydrogen-bond donors (Lipinski definition) is 1. The largest absolute Gasteiger partial charge is 0.488 e. The fourth-order valence-corrected chi connectivity index (χ4v) is 6.59. The number of methoxy groups -OCH3 is 1. The lowest BCUT2D eigenvalue weighted by molar-refractivity contribution is -0.132. The van der Waals surface area contributed by atoms with Gasteiger partial charge in [-0.25, -0.2) is 0 Å². The zero-order valence-electron chi connectivity index (χ0n) is 26.6. The number of rotatable bonds is 13. The van der Waals surface area contributed by atoms with Crippen molar-refractivity contribution < 1.29 is 14.3 Å². The Hall–Kier alpha value is -4.62. The molecule has 3 aromatic carbocycles. The Morgan fingerprint density at radius 2 is 1.74 bits per heavy atom. The summed E-state index contributed by atoms with van der Waals surface area (Å²) in [5, 5.41) is 1.13. The molecule has 2 aromatic heterocycles. The summed E-state index contributed by atoms with van der Waals surface area (Å²) in [6.45, 7) is 3.65. The predicted octanol–water partition coefficient (Wildman–Crippen LogP) is 7.34. The highest BCUT2D eigenvalue weighted by atomic mass is 16.5. The number of nitrogens with one attached hydrogen (secondary N) is 1. The van der Waals surface area contributed by atoms with Gasteiger partial charge in [0, 0.05) is 69.0 Å². The number of ether oxygens (including phenoxy) is 2. The Kier molecular flexibility index (Phi) is 10.3. The van der Waals surface area contributed by atoms with Crippen molar-refractivity contribution in [3.63, 3.8) is 0 Å². The molecule has 7 heteroatoms. The molecule has 1 aliphatic heterocycles. The topological polar surface area (TPSA) is 76.6 Å². The number of likely N-dealkylation sites (tertiary alicyclic amines) is 1. The average molecular weight is 618 g/mol. The SMILES string of the molecule is COCCCn1c(C2CCCN(C(=O)CCCc3ccc(-c4ccc(=O)[nH]c4)cc3)C2)cc2c(OCc3ccccc3)cccc21. The summed E-state index contributed by atoms with van der Waals surface area (Å²) >= 11 is 0. The normalized spacial score (nSPS) is 14.9. The highest BCUT2D eigenvalue weighted by Crippen LogP contribution is 2.36. The van der Waals surface area contributed by atoms with Gasteiger partial charge >= 0.3 is 0 Å². The number of fused-ring (bicyclic) bond motifs is 1. The first-order valence-corrected chi connectivity index (χ1v) is 16.4. The minimum absolute atomic E-state index is 0.104. The van der Waals surface area contributed by atoms with Crippen LogP contribution in [0.3, 0.4) is 0 Å². The third-order valence-corrected chi connectivity index (χ3v) is 9.03. The maximum atomic E-state index is 13.4. The van der Waals surface area contributed by atoms with Gasteiger partial charge in [-0.2, -0.15) is 0 Å². The van der Waals surface area contributed by atoms with E-state index < -0.39 is 0 Å². The molecule has 46 heavy (non-hydrogen) atoms. The first kappa shape index (κ1) is 31.4. The van der Waals surface area contributed by atoms with Crippen molar-refractivity contribution in [2.75, 3.05) is 26.8 Å². The van der Waals surface area contributed by atoms with Crippen molar-refractivity contribution in [3.05, 3.63) is 124 Å². The Balaban J connectivity index is 1.11. The number of amides is 1. The second-order valence-electron chi connectivity index (χ2n) is 12.2. The summed E-state index contributed by atoms with van der Waals surface area (Å²) in [4.78, 5) is 29.6. The van der Waals surface area contributed by atoms with Crippen molar-refractivity contribution in [2.24, 2.45) is 0 Å². The predicted molar refractivity (Wildman–Crippen MR) is 183 cm³/mol. The third-order valence-electron chi connectivity index (χ3n) is 9.03.